The second kappa shape index (κ2) is 6.49. The van der Waals surface area contributed by atoms with Crippen molar-refractivity contribution in [3.8, 4) is 11.5 Å². The number of nitrogens with two attached hydrogens (primary N) is 2. The Morgan fingerprint density at radius 1 is 1.19 bits per heavy atom. The van der Waals surface area contributed by atoms with Crippen molar-refractivity contribution < 1.29 is 14.3 Å². The first-order chi connectivity index (χ1) is 10.0. The minimum Gasteiger partial charge on any atom is -0.496 e. The Hall–Kier alpha value is -2.21. The third-order valence-corrected chi connectivity index (χ3v) is 3.50. The number of carbonyl (C=O) groups is 1. The van der Waals surface area contributed by atoms with Crippen molar-refractivity contribution in [2.24, 2.45) is 5.73 Å². The van der Waals surface area contributed by atoms with Gasteiger partial charge in [-0.3, -0.25) is 4.79 Å². The van der Waals surface area contributed by atoms with E-state index in [1.165, 1.54) is 0 Å². The minimum absolute atomic E-state index is 0.284. The summed E-state index contributed by atoms with van der Waals surface area (Å²) in [6.45, 7) is 0.284. The normalized spacial score (nSPS) is 10.2. The lowest BCUT2D eigenvalue weighted by atomic mass is 10.1. The molecule has 2 aromatic carbocycles. The van der Waals surface area contributed by atoms with Crippen LogP contribution in [0.2, 0.25) is 0 Å². The third kappa shape index (κ3) is 3.66. The minimum atomic E-state index is -0.555. The molecule has 0 heterocycles. The molecular weight excluding hydrogens is 336 g/mol. The number of primary amides is 1. The van der Waals surface area contributed by atoms with E-state index in [1.807, 2.05) is 18.2 Å². The van der Waals surface area contributed by atoms with Crippen LogP contribution >= 0.6 is 15.9 Å². The Balaban J connectivity index is 2.18. The van der Waals surface area contributed by atoms with Crippen LogP contribution in [0.1, 0.15) is 15.9 Å². The lowest BCUT2D eigenvalue weighted by Gasteiger charge is -2.11. The molecule has 2 rings (SSSR count). The van der Waals surface area contributed by atoms with Gasteiger partial charge in [-0.15, -0.1) is 0 Å². The second-order valence-corrected chi connectivity index (χ2v) is 5.23. The maximum atomic E-state index is 11.4. The van der Waals surface area contributed by atoms with Gasteiger partial charge in [0.1, 0.15) is 18.1 Å². The van der Waals surface area contributed by atoms with Crippen LogP contribution in [0.15, 0.2) is 40.9 Å². The van der Waals surface area contributed by atoms with Crippen molar-refractivity contribution in [3.05, 3.63) is 52.0 Å². The average molecular weight is 351 g/mol. The predicted molar refractivity (Wildman–Crippen MR) is 84.4 cm³/mol. The lowest BCUT2D eigenvalue weighted by molar-refractivity contribution is 0.0996. The fourth-order valence-corrected chi connectivity index (χ4v) is 2.41. The summed E-state index contributed by atoms with van der Waals surface area (Å²) in [5, 5.41) is 0. The number of anilines is 1. The Bertz CT molecular complexity index is 674. The van der Waals surface area contributed by atoms with Gasteiger partial charge >= 0.3 is 0 Å². The highest BCUT2D eigenvalue weighted by Crippen LogP contribution is 2.27. The Labute approximate surface area is 131 Å². The highest BCUT2D eigenvalue weighted by atomic mass is 79.9. The summed E-state index contributed by atoms with van der Waals surface area (Å²) in [5.41, 5.74) is 12.7. The molecule has 21 heavy (non-hydrogen) atoms. The Morgan fingerprint density at radius 2 is 1.95 bits per heavy atom. The molecule has 0 aliphatic heterocycles. The number of hydrogen-bond donors (Lipinski definition) is 2. The first kappa shape index (κ1) is 15.2. The molecular formula is C15H15BrN2O3. The zero-order chi connectivity index (χ0) is 15.4. The molecule has 5 nitrogen and oxygen atoms in total. The monoisotopic (exact) mass is 350 g/mol. The number of rotatable bonds is 5. The van der Waals surface area contributed by atoms with Gasteiger partial charge in [0.2, 0.25) is 0 Å². The third-order valence-electron chi connectivity index (χ3n) is 2.88. The Kier molecular flexibility index (Phi) is 4.70. The molecule has 0 fully saturated rings. The molecule has 0 saturated carbocycles. The van der Waals surface area contributed by atoms with Gasteiger partial charge in [0, 0.05) is 11.8 Å². The maximum absolute atomic E-state index is 11.4. The lowest BCUT2D eigenvalue weighted by Crippen LogP contribution is -2.13. The summed E-state index contributed by atoms with van der Waals surface area (Å²) in [6.07, 6.45) is 0. The highest BCUT2D eigenvalue weighted by Gasteiger charge is 2.10. The standard InChI is InChI=1S/C15H15BrN2O3/c1-20-13-5-2-9(6-12(13)16)8-21-14-7-10(17)3-4-11(14)15(18)19/h2-7H,8,17H2,1H3,(H2,18,19). The largest absolute Gasteiger partial charge is 0.496 e. The van der Waals surface area contributed by atoms with Gasteiger partial charge in [0.15, 0.2) is 0 Å². The van der Waals surface area contributed by atoms with Crippen LogP contribution in [0.4, 0.5) is 5.69 Å². The van der Waals surface area contributed by atoms with E-state index in [0.29, 0.717) is 17.0 Å². The van der Waals surface area contributed by atoms with Gasteiger partial charge in [0.25, 0.3) is 5.91 Å². The molecule has 110 valence electrons. The summed E-state index contributed by atoms with van der Waals surface area (Å²) >= 11 is 3.41. The van der Waals surface area contributed by atoms with Crippen molar-refractivity contribution in [3.63, 3.8) is 0 Å². The van der Waals surface area contributed by atoms with E-state index in [0.717, 1.165) is 15.8 Å². The topological polar surface area (TPSA) is 87.6 Å². The number of hydrogen-bond acceptors (Lipinski definition) is 4. The zero-order valence-electron chi connectivity index (χ0n) is 11.4. The molecule has 6 heteroatoms. The molecule has 4 N–H and O–H groups in total. The Morgan fingerprint density at radius 3 is 2.57 bits per heavy atom. The van der Waals surface area contributed by atoms with Crippen molar-refractivity contribution in [1.82, 2.24) is 0 Å². The van der Waals surface area contributed by atoms with Gasteiger partial charge in [-0.05, 0) is 45.8 Å². The smallest absolute Gasteiger partial charge is 0.252 e. The van der Waals surface area contributed by atoms with Crippen LogP contribution in [0.3, 0.4) is 0 Å². The van der Waals surface area contributed by atoms with Crippen LogP contribution in [0.25, 0.3) is 0 Å². The van der Waals surface area contributed by atoms with Crippen LogP contribution in [-0.4, -0.2) is 13.0 Å². The highest BCUT2D eigenvalue weighted by molar-refractivity contribution is 9.10. The number of ether oxygens (including phenoxy) is 2. The summed E-state index contributed by atoms with van der Waals surface area (Å²) < 4.78 is 11.6. The van der Waals surface area contributed by atoms with Crippen LogP contribution in [0.5, 0.6) is 11.5 Å². The van der Waals surface area contributed by atoms with Crippen molar-refractivity contribution in [1.29, 1.82) is 0 Å². The molecule has 0 aromatic heterocycles. The van der Waals surface area contributed by atoms with E-state index in [4.69, 9.17) is 20.9 Å². The van der Waals surface area contributed by atoms with E-state index in [1.54, 1.807) is 25.3 Å². The number of benzene rings is 2. The van der Waals surface area contributed by atoms with E-state index < -0.39 is 5.91 Å². The number of amides is 1. The molecule has 0 unspecified atom stereocenters. The van der Waals surface area contributed by atoms with E-state index in [-0.39, 0.29) is 6.61 Å². The van der Waals surface area contributed by atoms with Gasteiger partial charge in [-0.2, -0.15) is 0 Å². The molecule has 2 aromatic rings. The SMILES string of the molecule is COc1ccc(COc2cc(N)ccc2C(N)=O)cc1Br. The number of halogens is 1. The second-order valence-electron chi connectivity index (χ2n) is 4.38. The fraction of sp³-hybridized carbons (Fsp3) is 0.133. The fourth-order valence-electron chi connectivity index (χ4n) is 1.82. The van der Waals surface area contributed by atoms with E-state index in [9.17, 15) is 4.79 Å². The summed E-state index contributed by atoms with van der Waals surface area (Å²) in [6, 6.07) is 10.3. The van der Waals surface area contributed by atoms with Crippen molar-refractivity contribution >= 4 is 27.5 Å². The quantitative estimate of drug-likeness (QED) is 0.811. The zero-order valence-corrected chi connectivity index (χ0v) is 13.0. The van der Waals surface area contributed by atoms with Crippen molar-refractivity contribution in [2.45, 2.75) is 6.61 Å². The molecule has 0 aliphatic carbocycles. The van der Waals surface area contributed by atoms with Gasteiger partial charge in [0.05, 0.1) is 17.1 Å². The predicted octanol–water partition coefficient (Wildman–Crippen LogP) is 2.72. The summed E-state index contributed by atoms with van der Waals surface area (Å²) in [7, 11) is 1.60. The number of carbonyl (C=O) groups excluding carboxylic acids is 1. The number of nitrogen functional groups attached to an aromatic ring is 1. The van der Waals surface area contributed by atoms with E-state index >= 15 is 0 Å². The van der Waals surface area contributed by atoms with Gasteiger partial charge in [-0.1, -0.05) is 6.07 Å². The summed E-state index contributed by atoms with van der Waals surface area (Å²) in [4.78, 5) is 11.4. The molecule has 1 amide bonds. The molecule has 0 bridgehead atoms. The van der Waals surface area contributed by atoms with Crippen LogP contribution in [-0.2, 0) is 6.61 Å². The first-order valence-corrected chi connectivity index (χ1v) is 6.95. The van der Waals surface area contributed by atoms with Crippen LogP contribution in [0, 0.1) is 0 Å². The van der Waals surface area contributed by atoms with Crippen molar-refractivity contribution in [2.75, 3.05) is 12.8 Å². The van der Waals surface area contributed by atoms with Crippen LogP contribution < -0.4 is 20.9 Å². The van der Waals surface area contributed by atoms with Gasteiger partial charge < -0.3 is 20.9 Å². The number of methoxy groups -OCH3 is 1. The molecule has 0 spiro atoms. The average Bonchev–Trinajstić information content (AvgIpc) is 2.45. The summed E-state index contributed by atoms with van der Waals surface area (Å²) in [5.74, 6) is 0.552. The molecule has 0 aliphatic rings. The molecule has 0 atom stereocenters. The molecule has 0 saturated heterocycles. The first-order valence-electron chi connectivity index (χ1n) is 6.16. The maximum Gasteiger partial charge on any atom is 0.252 e. The van der Waals surface area contributed by atoms with E-state index in [2.05, 4.69) is 15.9 Å². The van der Waals surface area contributed by atoms with Gasteiger partial charge in [-0.25, -0.2) is 0 Å². The molecule has 0 radical (unpaired) electrons.